The fourth-order valence-corrected chi connectivity index (χ4v) is 3.07. The van der Waals surface area contributed by atoms with E-state index in [4.69, 9.17) is 13.9 Å². The van der Waals surface area contributed by atoms with Gasteiger partial charge >= 0.3 is 5.63 Å². The number of amides is 1. The molecule has 0 bridgehead atoms. The normalized spacial score (nSPS) is 10.7. The van der Waals surface area contributed by atoms with Crippen LogP contribution >= 0.6 is 0 Å². The standard InChI is InChI=1S/C22H23NO5/c1-23(12-6-7-15-10-11-19(26-2)20(13-15)27-3)21(24)17-14-16-8-4-5-9-18(16)28-22(17)25/h4-5,8-11,13-14H,6-7,12H2,1-3H3. The Morgan fingerprint density at radius 3 is 2.54 bits per heavy atom. The summed E-state index contributed by atoms with van der Waals surface area (Å²) in [7, 11) is 4.89. The SMILES string of the molecule is COc1ccc(CCCN(C)C(=O)c2cc3ccccc3oc2=O)cc1OC. The highest BCUT2D eigenvalue weighted by Crippen LogP contribution is 2.28. The molecule has 0 aliphatic rings. The number of carbonyl (C=O) groups is 1. The molecule has 146 valence electrons. The average molecular weight is 381 g/mol. The van der Waals surface area contributed by atoms with Gasteiger partial charge in [-0.15, -0.1) is 0 Å². The number of carbonyl (C=O) groups excluding carboxylic acids is 1. The molecule has 0 spiro atoms. The number of para-hydroxylation sites is 1. The van der Waals surface area contributed by atoms with Crippen molar-refractivity contribution >= 4 is 16.9 Å². The molecule has 1 amide bonds. The van der Waals surface area contributed by atoms with Crippen LogP contribution in [-0.4, -0.2) is 38.6 Å². The second kappa shape index (κ2) is 8.61. The summed E-state index contributed by atoms with van der Waals surface area (Å²) in [6.07, 6.45) is 1.51. The molecule has 0 unspecified atom stereocenters. The summed E-state index contributed by atoms with van der Waals surface area (Å²) in [6.45, 7) is 0.513. The molecule has 6 nitrogen and oxygen atoms in total. The second-order valence-corrected chi connectivity index (χ2v) is 6.50. The minimum Gasteiger partial charge on any atom is -0.493 e. The first-order valence-corrected chi connectivity index (χ1v) is 9.02. The minimum absolute atomic E-state index is 0.0484. The van der Waals surface area contributed by atoms with E-state index >= 15 is 0 Å². The number of fused-ring (bicyclic) bond motifs is 1. The lowest BCUT2D eigenvalue weighted by molar-refractivity contribution is 0.0789. The number of nitrogens with zero attached hydrogens (tertiary/aromatic N) is 1. The molecule has 0 N–H and O–H groups in total. The van der Waals surface area contributed by atoms with Crippen molar-refractivity contribution in [3.05, 3.63) is 70.1 Å². The molecule has 2 aromatic carbocycles. The fourth-order valence-electron chi connectivity index (χ4n) is 3.07. The number of ether oxygens (including phenoxy) is 2. The summed E-state index contributed by atoms with van der Waals surface area (Å²) in [4.78, 5) is 26.4. The third-order valence-electron chi connectivity index (χ3n) is 4.63. The summed E-state index contributed by atoms with van der Waals surface area (Å²) in [5.74, 6) is 1.02. The predicted octanol–water partition coefficient (Wildman–Crippen LogP) is 3.52. The molecule has 0 aliphatic heterocycles. The smallest absolute Gasteiger partial charge is 0.349 e. The number of aryl methyl sites for hydroxylation is 1. The lowest BCUT2D eigenvalue weighted by atomic mass is 10.1. The maximum absolute atomic E-state index is 12.7. The molecule has 6 heteroatoms. The number of hydrogen-bond donors (Lipinski definition) is 0. The second-order valence-electron chi connectivity index (χ2n) is 6.50. The molecule has 3 aromatic rings. The van der Waals surface area contributed by atoms with Crippen LogP contribution in [0.1, 0.15) is 22.3 Å². The Morgan fingerprint density at radius 1 is 1.04 bits per heavy atom. The molecule has 3 rings (SSSR count). The van der Waals surface area contributed by atoms with Gasteiger partial charge in [-0.25, -0.2) is 4.79 Å². The van der Waals surface area contributed by atoms with Crippen molar-refractivity contribution < 1.29 is 18.7 Å². The summed E-state index contributed by atoms with van der Waals surface area (Å²) >= 11 is 0. The van der Waals surface area contributed by atoms with Crippen molar-refractivity contribution in [2.24, 2.45) is 0 Å². The van der Waals surface area contributed by atoms with Gasteiger partial charge in [-0.3, -0.25) is 4.79 Å². The molecule has 0 fully saturated rings. The van der Waals surface area contributed by atoms with Gasteiger partial charge in [-0.1, -0.05) is 24.3 Å². The number of methoxy groups -OCH3 is 2. The Bertz CT molecular complexity index is 1040. The molecule has 1 heterocycles. The molecule has 0 radical (unpaired) electrons. The number of hydrogen-bond acceptors (Lipinski definition) is 5. The summed E-state index contributed by atoms with van der Waals surface area (Å²) in [5.41, 5.74) is 0.992. The number of benzene rings is 2. The van der Waals surface area contributed by atoms with E-state index in [0.29, 0.717) is 23.6 Å². The molecule has 0 saturated carbocycles. The number of rotatable bonds is 7. The van der Waals surface area contributed by atoms with Crippen LogP contribution in [0.25, 0.3) is 11.0 Å². The third kappa shape index (κ3) is 4.17. The lowest BCUT2D eigenvalue weighted by Gasteiger charge is -2.17. The van der Waals surface area contributed by atoms with E-state index < -0.39 is 5.63 Å². The highest BCUT2D eigenvalue weighted by atomic mass is 16.5. The molecule has 28 heavy (non-hydrogen) atoms. The van der Waals surface area contributed by atoms with Gasteiger partial charge in [-0.05, 0) is 42.7 Å². The van der Waals surface area contributed by atoms with Gasteiger partial charge in [-0.2, -0.15) is 0 Å². The summed E-state index contributed by atoms with van der Waals surface area (Å²) in [6, 6.07) is 14.5. The van der Waals surface area contributed by atoms with Crippen molar-refractivity contribution in [3.63, 3.8) is 0 Å². The van der Waals surface area contributed by atoms with E-state index in [0.717, 1.165) is 23.8 Å². The Kier molecular flexibility index (Phi) is 5.99. The Labute approximate surface area is 163 Å². The van der Waals surface area contributed by atoms with Crippen LogP contribution in [0.3, 0.4) is 0 Å². The average Bonchev–Trinajstić information content (AvgIpc) is 2.72. The van der Waals surface area contributed by atoms with E-state index in [2.05, 4.69) is 0 Å². The molecule has 0 aliphatic carbocycles. The maximum Gasteiger partial charge on any atom is 0.349 e. The van der Waals surface area contributed by atoms with Crippen LogP contribution in [0, 0.1) is 0 Å². The van der Waals surface area contributed by atoms with Crippen LogP contribution in [-0.2, 0) is 6.42 Å². The van der Waals surface area contributed by atoms with Crippen molar-refractivity contribution in [2.75, 3.05) is 27.8 Å². The van der Waals surface area contributed by atoms with E-state index in [1.807, 2.05) is 30.3 Å². The zero-order valence-electron chi connectivity index (χ0n) is 16.2. The van der Waals surface area contributed by atoms with Gasteiger partial charge in [0, 0.05) is 19.0 Å². The molecular weight excluding hydrogens is 358 g/mol. The van der Waals surface area contributed by atoms with Crippen LogP contribution in [0.2, 0.25) is 0 Å². The highest BCUT2D eigenvalue weighted by molar-refractivity contribution is 5.96. The Hall–Kier alpha value is -3.28. The van der Waals surface area contributed by atoms with Gasteiger partial charge < -0.3 is 18.8 Å². The van der Waals surface area contributed by atoms with Crippen LogP contribution in [0.4, 0.5) is 0 Å². The quantitative estimate of drug-likeness (QED) is 0.586. The topological polar surface area (TPSA) is 69.0 Å². The lowest BCUT2D eigenvalue weighted by Crippen LogP contribution is -2.31. The van der Waals surface area contributed by atoms with Gasteiger partial charge in [0.15, 0.2) is 11.5 Å². The Morgan fingerprint density at radius 2 is 1.79 bits per heavy atom. The van der Waals surface area contributed by atoms with E-state index in [1.165, 1.54) is 0 Å². The fraction of sp³-hybridized carbons (Fsp3) is 0.273. The van der Waals surface area contributed by atoms with Crippen molar-refractivity contribution in [1.82, 2.24) is 4.90 Å². The van der Waals surface area contributed by atoms with E-state index in [-0.39, 0.29) is 11.5 Å². The van der Waals surface area contributed by atoms with E-state index in [9.17, 15) is 9.59 Å². The first-order chi connectivity index (χ1) is 13.5. The maximum atomic E-state index is 12.7. The third-order valence-corrected chi connectivity index (χ3v) is 4.63. The summed E-state index contributed by atoms with van der Waals surface area (Å²) in [5, 5.41) is 0.726. The minimum atomic E-state index is -0.615. The monoisotopic (exact) mass is 381 g/mol. The first-order valence-electron chi connectivity index (χ1n) is 9.02. The highest BCUT2D eigenvalue weighted by Gasteiger charge is 2.17. The van der Waals surface area contributed by atoms with Crippen LogP contribution in [0.15, 0.2) is 57.7 Å². The molecular formula is C22H23NO5. The van der Waals surface area contributed by atoms with Gasteiger partial charge in [0.25, 0.3) is 5.91 Å². The van der Waals surface area contributed by atoms with Gasteiger partial charge in [0.1, 0.15) is 11.1 Å². The van der Waals surface area contributed by atoms with Gasteiger partial charge in [0.05, 0.1) is 14.2 Å². The predicted molar refractivity (Wildman–Crippen MR) is 107 cm³/mol. The largest absolute Gasteiger partial charge is 0.493 e. The van der Waals surface area contributed by atoms with Gasteiger partial charge in [0.2, 0.25) is 0 Å². The molecule has 0 atom stereocenters. The van der Waals surface area contributed by atoms with Crippen LogP contribution in [0.5, 0.6) is 11.5 Å². The first kappa shape index (κ1) is 19.5. The molecule has 1 aromatic heterocycles. The zero-order chi connectivity index (χ0) is 20.1. The molecule has 0 saturated heterocycles. The van der Waals surface area contributed by atoms with Crippen molar-refractivity contribution in [1.29, 1.82) is 0 Å². The van der Waals surface area contributed by atoms with Crippen LogP contribution < -0.4 is 15.1 Å². The Balaban J connectivity index is 1.65. The van der Waals surface area contributed by atoms with E-state index in [1.54, 1.807) is 44.4 Å². The zero-order valence-corrected chi connectivity index (χ0v) is 16.2. The van der Waals surface area contributed by atoms with Crippen molar-refractivity contribution in [3.8, 4) is 11.5 Å². The summed E-state index contributed by atoms with van der Waals surface area (Å²) < 4.78 is 15.8. The van der Waals surface area contributed by atoms with Crippen molar-refractivity contribution in [2.45, 2.75) is 12.8 Å².